The number of hydrogen-bond donors (Lipinski definition) is 1. The van der Waals surface area contributed by atoms with Crippen LogP contribution in [0.5, 0.6) is 0 Å². The third-order valence-electron chi connectivity index (χ3n) is 7.00. The van der Waals surface area contributed by atoms with Gasteiger partial charge in [0.25, 0.3) is 0 Å². The molecule has 0 aliphatic heterocycles. The van der Waals surface area contributed by atoms with Gasteiger partial charge < -0.3 is 14.6 Å². The highest BCUT2D eigenvalue weighted by atomic mass is 16.6. The number of carbonyl (C=O) groups excluding carboxylic acids is 2. The van der Waals surface area contributed by atoms with E-state index in [-0.39, 0.29) is 25.2 Å². The van der Waals surface area contributed by atoms with E-state index in [1.165, 1.54) is 89.9 Å². The fraction of sp³-hybridized carbons (Fsp3) is 0.824. The van der Waals surface area contributed by atoms with E-state index in [1.54, 1.807) is 0 Å². The Hall–Kier alpha value is -1.62. The predicted octanol–water partition coefficient (Wildman–Crippen LogP) is 9.56. The summed E-state index contributed by atoms with van der Waals surface area (Å²) < 4.78 is 10.5. The van der Waals surface area contributed by atoms with Gasteiger partial charge in [0.2, 0.25) is 0 Å². The van der Waals surface area contributed by atoms with Gasteiger partial charge in [-0.3, -0.25) is 9.59 Å². The van der Waals surface area contributed by atoms with E-state index in [1.807, 2.05) is 0 Å². The highest BCUT2D eigenvalue weighted by Gasteiger charge is 2.16. The summed E-state index contributed by atoms with van der Waals surface area (Å²) in [5.74, 6) is -0.605. The molecule has 1 unspecified atom stereocenters. The maximum atomic E-state index is 12.1. The van der Waals surface area contributed by atoms with Crippen molar-refractivity contribution in [2.45, 2.75) is 168 Å². The van der Waals surface area contributed by atoms with Crippen LogP contribution < -0.4 is 0 Å². The van der Waals surface area contributed by atoms with Gasteiger partial charge in [-0.1, -0.05) is 128 Å². The summed E-state index contributed by atoms with van der Waals surface area (Å²) in [6.07, 6.45) is 33.9. The number of aliphatic hydroxyl groups excluding tert-OH is 1. The molecule has 0 aromatic rings. The molecule has 0 aliphatic carbocycles. The van der Waals surface area contributed by atoms with E-state index in [0.717, 1.165) is 44.9 Å². The summed E-state index contributed by atoms with van der Waals surface area (Å²) in [7, 11) is 0. The zero-order valence-corrected chi connectivity index (χ0v) is 25.6. The second-order valence-corrected chi connectivity index (χ2v) is 10.9. The van der Waals surface area contributed by atoms with Crippen LogP contribution in [0.15, 0.2) is 24.3 Å². The van der Waals surface area contributed by atoms with Gasteiger partial charge in [0.05, 0.1) is 6.61 Å². The molecule has 0 bridgehead atoms. The first-order valence-corrected chi connectivity index (χ1v) is 16.4. The van der Waals surface area contributed by atoms with Gasteiger partial charge >= 0.3 is 11.9 Å². The molecule has 0 aliphatic rings. The topological polar surface area (TPSA) is 72.8 Å². The normalized spacial score (nSPS) is 12.4. The van der Waals surface area contributed by atoms with Gasteiger partial charge in [0.15, 0.2) is 6.10 Å². The number of aliphatic hydroxyl groups is 1. The van der Waals surface area contributed by atoms with Crippen molar-refractivity contribution in [2.24, 2.45) is 0 Å². The van der Waals surface area contributed by atoms with Crippen LogP contribution in [0.1, 0.15) is 162 Å². The third kappa shape index (κ3) is 29.2. The van der Waals surface area contributed by atoms with Gasteiger partial charge in [-0.2, -0.15) is 0 Å². The summed E-state index contributed by atoms with van der Waals surface area (Å²) in [6.45, 7) is 4.03. The van der Waals surface area contributed by atoms with Gasteiger partial charge in [0.1, 0.15) is 6.61 Å². The number of unbranched alkanes of at least 4 members (excludes halogenated alkanes) is 17. The van der Waals surface area contributed by atoms with Crippen molar-refractivity contribution in [2.75, 3.05) is 13.2 Å². The molecule has 0 fully saturated rings. The number of ether oxygens (including phenoxy) is 2. The number of esters is 2. The molecule has 39 heavy (non-hydrogen) atoms. The lowest BCUT2D eigenvalue weighted by molar-refractivity contribution is -0.161. The molecule has 0 radical (unpaired) electrons. The second-order valence-electron chi connectivity index (χ2n) is 10.9. The lowest BCUT2D eigenvalue weighted by atomic mass is 10.1. The Morgan fingerprint density at radius 1 is 0.590 bits per heavy atom. The fourth-order valence-electron chi connectivity index (χ4n) is 4.46. The van der Waals surface area contributed by atoms with Crippen molar-refractivity contribution < 1.29 is 24.2 Å². The molecule has 0 heterocycles. The summed E-state index contributed by atoms with van der Waals surface area (Å²) in [6, 6.07) is 0. The average Bonchev–Trinajstić information content (AvgIpc) is 2.94. The Labute approximate surface area is 241 Å². The van der Waals surface area contributed by atoms with Crippen LogP contribution in [0.4, 0.5) is 0 Å². The molecule has 0 saturated heterocycles. The smallest absolute Gasteiger partial charge is 0.306 e. The first-order chi connectivity index (χ1) is 19.1. The van der Waals surface area contributed by atoms with E-state index >= 15 is 0 Å². The third-order valence-corrected chi connectivity index (χ3v) is 7.00. The zero-order chi connectivity index (χ0) is 28.7. The number of rotatable bonds is 29. The molecule has 0 saturated carbocycles. The van der Waals surface area contributed by atoms with Crippen molar-refractivity contribution in [3.8, 4) is 0 Å². The molecule has 0 aromatic carbocycles. The fourth-order valence-corrected chi connectivity index (χ4v) is 4.46. The first-order valence-electron chi connectivity index (χ1n) is 16.4. The van der Waals surface area contributed by atoms with E-state index in [2.05, 4.69) is 38.2 Å². The van der Waals surface area contributed by atoms with Crippen LogP contribution >= 0.6 is 0 Å². The Morgan fingerprint density at radius 2 is 1.03 bits per heavy atom. The van der Waals surface area contributed by atoms with Crippen molar-refractivity contribution in [3.05, 3.63) is 24.3 Å². The first kappa shape index (κ1) is 37.4. The maximum Gasteiger partial charge on any atom is 0.306 e. The van der Waals surface area contributed by atoms with Crippen LogP contribution in [-0.4, -0.2) is 36.4 Å². The largest absolute Gasteiger partial charge is 0.462 e. The lowest BCUT2D eigenvalue weighted by Crippen LogP contribution is -2.28. The Kier molecular flexibility index (Phi) is 29.6. The predicted molar refractivity (Wildman–Crippen MR) is 164 cm³/mol. The molecule has 0 aromatic heterocycles. The molecule has 5 heteroatoms. The van der Waals surface area contributed by atoms with Gasteiger partial charge in [-0.15, -0.1) is 0 Å². The molecule has 5 nitrogen and oxygen atoms in total. The van der Waals surface area contributed by atoms with E-state index in [4.69, 9.17) is 9.47 Å². The molecular formula is C34H62O5. The maximum absolute atomic E-state index is 12.1. The van der Waals surface area contributed by atoms with Crippen LogP contribution in [0, 0.1) is 0 Å². The minimum Gasteiger partial charge on any atom is -0.462 e. The lowest BCUT2D eigenvalue weighted by Gasteiger charge is -2.15. The van der Waals surface area contributed by atoms with Gasteiger partial charge in [0, 0.05) is 12.8 Å². The Morgan fingerprint density at radius 3 is 1.56 bits per heavy atom. The molecule has 0 amide bonds. The summed E-state index contributed by atoms with van der Waals surface area (Å²) in [4.78, 5) is 23.9. The summed E-state index contributed by atoms with van der Waals surface area (Å²) in [5.41, 5.74) is 0. The van der Waals surface area contributed by atoms with Crippen LogP contribution in [-0.2, 0) is 19.1 Å². The molecule has 0 rings (SSSR count). The highest BCUT2D eigenvalue weighted by molar-refractivity contribution is 5.70. The van der Waals surface area contributed by atoms with E-state index in [9.17, 15) is 14.7 Å². The van der Waals surface area contributed by atoms with Gasteiger partial charge in [-0.05, 0) is 44.9 Å². The van der Waals surface area contributed by atoms with Gasteiger partial charge in [-0.25, -0.2) is 0 Å². The number of carbonyl (C=O) groups is 2. The Balaban J connectivity index is 3.53. The molecule has 228 valence electrons. The highest BCUT2D eigenvalue weighted by Crippen LogP contribution is 2.13. The van der Waals surface area contributed by atoms with Crippen molar-refractivity contribution in [1.29, 1.82) is 0 Å². The molecular weight excluding hydrogens is 488 g/mol. The SMILES string of the molecule is CCCCC/C=C\C/C=C\CCCCCCCCCCCC(=O)OC(CO)COC(=O)CCCCCCCC. The molecule has 1 atom stereocenters. The van der Waals surface area contributed by atoms with Crippen LogP contribution in [0.25, 0.3) is 0 Å². The quantitative estimate of drug-likeness (QED) is 0.0570. The molecule has 1 N–H and O–H groups in total. The van der Waals surface area contributed by atoms with E-state index < -0.39 is 6.10 Å². The van der Waals surface area contributed by atoms with Crippen LogP contribution in [0.2, 0.25) is 0 Å². The standard InChI is InChI=1S/C34H62O5/c1-3-5-7-9-11-12-13-14-15-16-17-18-19-20-21-22-23-25-27-29-34(37)39-32(30-35)31-38-33(36)28-26-24-10-8-6-4-2/h11-12,14-15,32,35H,3-10,13,16-31H2,1-2H3/b12-11-,15-14-. The number of hydrogen-bond acceptors (Lipinski definition) is 5. The monoisotopic (exact) mass is 550 g/mol. The van der Waals surface area contributed by atoms with Crippen LogP contribution in [0.3, 0.4) is 0 Å². The summed E-state index contributed by atoms with van der Waals surface area (Å²) >= 11 is 0. The minimum atomic E-state index is -0.765. The van der Waals surface area contributed by atoms with Crippen molar-refractivity contribution >= 4 is 11.9 Å². The number of allylic oxidation sites excluding steroid dienone is 4. The minimum absolute atomic E-state index is 0.0657. The summed E-state index contributed by atoms with van der Waals surface area (Å²) in [5, 5.41) is 9.44. The van der Waals surface area contributed by atoms with Crippen molar-refractivity contribution in [1.82, 2.24) is 0 Å². The second kappa shape index (κ2) is 30.9. The molecule has 0 spiro atoms. The Bertz CT molecular complexity index is 598. The van der Waals surface area contributed by atoms with E-state index in [0.29, 0.717) is 12.8 Å². The average molecular weight is 551 g/mol. The van der Waals surface area contributed by atoms with Crippen molar-refractivity contribution in [3.63, 3.8) is 0 Å². The zero-order valence-electron chi connectivity index (χ0n) is 25.6.